The highest BCUT2D eigenvalue weighted by Gasteiger charge is 2.32. The average molecular weight is 407 g/mol. The van der Waals surface area contributed by atoms with Gasteiger partial charge in [-0.2, -0.15) is 0 Å². The predicted molar refractivity (Wildman–Crippen MR) is 94.0 cm³/mol. The Bertz CT molecular complexity index is 504. The maximum absolute atomic E-state index is 5.88. The van der Waals surface area contributed by atoms with Gasteiger partial charge in [0.2, 0.25) is 0 Å². The average Bonchev–Trinajstić information content (AvgIpc) is 2.43. The van der Waals surface area contributed by atoms with E-state index in [9.17, 15) is 0 Å². The third-order valence-corrected chi connectivity index (χ3v) is 3.19. The third kappa shape index (κ3) is 4.63. The molecule has 1 fully saturated rings. The van der Waals surface area contributed by atoms with Crippen LogP contribution in [0.2, 0.25) is 0 Å². The fourth-order valence-electron chi connectivity index (χ4n) is 1.92. The fourth-order valence-corrected chi connectivity index (χ4v) is 1.92. The Morgan fingerprint density at radius 1 is 1.33 bits per heavy atom. The molecule has 1 aliphatic heterocycles. The number of nitrogens with one attached hydrogen (secondary N) is 1. The maximum Gasteiger partial charge on any atom is 0.193 e. The van der Waals surface area contributed by atoms with E-state index in [1.807, 2.05) is 18.2 Å². The molecule has 0 radical (unpaired) electrons. The molecular formula is C14H22IN3O3. The summed E-state index contributed by atoms with van der Waals surface area (Å²) in [5, 5.41) is 3.04. The quantitative estimate of drug-likeness (QED) is 0.444. The van der Waals surface area contributed by atoms with Gasteiger partial charge in [-0.05, 0) is 12.1 Å². The third-order valence-electron chi connectivity index (χ3n) is 3.19. The fraction of sp³-hybridized carbons (Fsp3) is 0.500. The van der Waals surface area contributed by atoms with Crippen molar-refractivity contribution in [3.05, 3.63) is 18.2 Å². The van der Waals surface area contributed by atoms with Gasteiger partial charge in [0.15, 0.2) is 17.5 Å². The molecule has 0 aliphatic carbocycles. The van der Waals surface area contributed by atoms with Crippen LogP contribution in [0.15, 0.2) is 23.2 Å². The van der Waals surface area contributed by atoms with E-state index >= 15 is 0 Å². The molecule has 0 saturated carbocycles. The van der Waals surface area contributed by atoms with Gasteiger partial charge in [0.1, 0.15) is 0 Å². The molecule has 0 unspecified atom stereocenters. The summed E-state index contributed by atoms with van der Waals surface area (Å²) in [5.74, 6) is 1.70. The van der Waals surface area contributed by atoms with Crippen molar-refractivity contribution < 1.29 is 14.2 Å². The molecule has 1 heterocycles. The lowest BCUT2D eigenvalue weighted by molar-refractivity contribution is -0.0944. The summed E-state index contributed by atoms with van der Waals surface area (Å²) in [6.45, 7) is 4.25. The van der Waals surface area contributed by atoms with E-state index in [1.165, 1.54) is 0 Å². The van der Waals surface area contributed by atoms with Crippen molar-refractivity contribution in [2.75, 3.05) is 39.3 Å². The lowest BCUT2D eigenvalue weighted by Gasteiger charge is -2.36. The Morgan fingerprint density at radius 3 is 2.52 bits per heavy atom. The van der Waals surface area contributed by atoms with Crippen LogP contribution in [0.5, 0.6) is 11.5 Å². The molecule has 21 heavy (non-hydrogen) atoms. The van der Waals surface area contributed by atoms with E-state index in [-0.39, 0.29) is 29.4 Å². The smallest absolute Gasteiger partial charge is 0.193 e. The van der Waals surface area contributed by atoms with Crippen LogP contribution in [0.25, 0.3) is 0 Å². The largest absolute Gasteiger partial charge is 0.493 e. The van der Waals surface area contributed by atoms with E-state index in [2.05, 4.69) is 17.2 Å². The number of anilines is 1. The number of nitrogens with zero attached hydrogens (tertiary/aromatic N) is 1. The Morgan fingerprint density at radius 2 is 2.00 bits per heavy atom. The predicted octanol–water partition coefficient (Wildman–Crippen LogP) is 2.08. The van der Waals surface area contributed by atoms with Gasteiger partial charge in [0.25, 0.3) is 0 Å². The zero-order chi connectivity index (χ0) is 14.6. The minimum atomic E-state index is 0. The number of hydrogen-bond donors (Lipinski definition) is 2. The molecule has 2 rings (SSSR count). The van der Waals surface area contributed by atoms with Crippen molar-refractivity contribution in [3.63, 3.8) is 0 Å². The minimum Gasteiger partial charge on any atom is -0.493 e. The summed E-state index contributed by atoms with van der Waals surface area (Å²) < 4.78 is 15.6. The van der Waals surface area contributed by atoms with Crippen LogP contribution < -0.4 is 20.5 Å². The van der Waals surface area contributed by atoms with Crippen LogP contribution >= 0.6 is 24.0 Å². The van der Waals surface area contributed by atoms with Crippen molar-refractivity contribution >= 4 is 35.6 Å². The monoisotopic (exact) mass is 407 g/mol. The van der Waals surface area contributed by atoms with Gasteiger partial charge in [-0.25, -0.2) is 0 Å². The second kappa shape index (κ2) is 7.69. The van der Waals surface area contributed by atoms with E-state index in [1.54, 1.807) is 14.2 Å². The van der Waals surface area contributed by atoms with Crippen LogP contribution in [-0.2, 0) is 4.74 Å². The van der Waals surface area contributed by atoms with Crippen LogP contribution in [0.3, 0.4) is 0 Å². The molecule has 6 nitrogen and oxygen atoms in total. The van der Waals surface area contributed by atoms with Gasteiger partial charge >= 0.3 is 0 Å². The first-order valence-electron chi connectivity index (χ1n) is 6.43. The number of rotatable bonds is 5. The Kier molecular flexibility index (Phi) is 6.53. The second-order valence-electron chi connectivity index (χ2n) is 5.20. The molecular weight excluding hydrogens is 385 g/mol. The number of methoxy groups -OCH3 is 2. The van der Waals surface area contributed by atoms with E-state index in [0.717, 1.165) is 18.9 Å². The lowest BCUT2D eigenvalue weighted by Crippen LogP contribution is -2.43. The number of ether oxygens (including phenoxy) is 3. The van der Waals surface area contributed by atoms with Crippen molar-refractivity contribution in [2.24, 2.45) is 16.1 Å². The van der Waals surface area contributed by atoms with Gasteiger partial charge in [0.05, 0.1) is 34.0 Å². The van der Waals surface area contributed by atoms with Crippen LogP contribution in [0, 0.1) is 5.41 Å². The maximum atomic E-state index is 5.88. The van der Waals surface area contributed by atoms with Gasteiger partial charge in [0, 0.05) is 17.2 Å². The van der Waals surface area contributed by atoms with Crippen molar-refractivity contribution in [3.8, 4) is 11.5 Å². The molecule has 0 bridgehead atoms. The van der Waals surface area contributed by atoms with E-state index < -0.39 is 0 Å². The number of nitrogens with two attached hydrogens (primary N) is 1. The van der Waals surface area contributed by atoms with Gasteiger partial charge in [-0.15, -0.1) is 24.0 Å². The minimum absolute atomic E-state index is 0. The highest BCUT2D eigenvalue weighted by atomic mass is 127. The summed E-state index contributed by atoms with van der Waals surface area (Å²) in [6, 6.07) is 5.49. The first-order chi connectivity index (χ1) is 9.56. The number of hydrogen-bond acceptors (Lipinski definition) is 4. The van der Waals surface area contributed by atoms with Crippen LogP contribution in [0.4, 0.5) is 5.69 Å². The molecule has 1 aromatic rings. The second-order valence-corrected chi connectivity index (χ2v) is 5.20. The number of benzene rings is 1. The number of aliphatic imine (C=N–C) groups is 1. The zero-order valence-corrected chi connectivity index (χ0v) is 14.8. The summed E-state index contributed by atoms with van der Waals surface area (Å²) in [7, 11) is 3.19. The molecule has 1 aliphatic rings. The first-order valence-corrected chi connectivity index (χ1v) is 6.43. The van der Waals surface area contributed by atoms with Crippen molar-refractivity contribution in [1.29, 1.82) is 0 Å². The SMILES string of the molecule is COc1ccc(NC(N)=NCC2(C)COC2)cc1OC.I. The van der Waals surface area contributed by atoms with Gasteiger partial charge in [-0.3, -0.25) is 4.99 Å². The Labute approximate surface area is 142 Å². The topological polar surface area (TPSA) is 78.1 Å². The van der Waals surface area contributed by atoms with Crippen LogP contribution in [-0.4, -0.2) is 39.9 Å². The van der Waals surface area contributed by atoms with Gasteiger partial charge in [-0.1, -0.05) is 6.92 Å². The molecule has 3 N–H and O–H groups in total. The summed E-state index contributed by atoms with van der Waals surface area (Å²) in [4.78, 5) is 4.34. The van der Waals surface area contributed by atoms with Crippen LogP contribution in [0.1, 0.15) is 6.92 Å². The molecule has 0 amide bonds. The zero-order valence-electron chi connectivity index (χ0n) is 12.5. The highest BCUT2D eigenvalue weighted by molar-refractivity contribution is 14.0. The normalized spacial score (nSPS) is 16.4. The Balaban J connectivity index is 0.00000220. The number of halogens is 1. The molecule has 1 saturated heterocycles. The molecule has 7 heteroatoms. The molecule has 0 spiro atoms. The number of guanidine groups is 1. The van der Waals surface area contributed by atoms with E-state index in [4.69, 9.17) is 19.9 Å². The lowest BCUT2D eigenvalue weighted by atomic mass is 9.89. The highest BCUT2D eigenvalue weighted by Crippen LogP contribution is 2.30. The van der Waals surface area contributed by atoms with Crippen molar-refractivity contribution in [1.82, 2.24) is 0 Å². The molecule has 0 aromatic heterocycles. The molecule has 1 aromatic carbocycles. The molecule has 118 valence electrons. The first kappa shape index (κ1) is 17.8. The molecule has 0 atom stereocenters. The standard InChI is InChI=1S/C14H21N3O3.HI/c1-14(8-20-9-14)7-16-13(15)17-10-4-5-11(18-2)12(6-10)19-3;/h4-6H,7-9H2,1-3H3,(H3,15,16,17);1H. The summed E-state index contributed by atoms with van der Waals surface area (Å²) in [6.07, 6.45) is 0. The Hall–Kier alpha value is -1.22. The van der Waals surface area contributed by atoms with E-state index in [0.29, 0.717) is 24.0 Å². The summed E-state index contributed by atoms with van der Waals surface area (Å²) >= 11 is 0. The van der Waals surface area contributed by atoms with Gasteiger partial charge < -0.3 is 25.3 Å². The van der Waals surface area contributed by atoms with Crippen molar-refractivity contribution in [2.45, 2.75) is 6.92 Å². The summed E-state index contributed by atoms with van der Waals surface area (Å²) in [5.41, 5.74) is 6.80.